The normalized spacial score (nSPS) is 11.7. The van der Waals surface area contributed by atoms with Gasteiger partial charge in [0.05, 0.1) is 24.9 Å². The van der Waals surface area contributed by atoms with Crippen LogP contribution in [0.1, 0.15) is 26.7 Å². The van der Waals surface area contributed by atoms with Crippen LogP contribution in [0.15, 0.2) is 126 Å². The molecule has 5 aromatic rings. The van der Waals surface area contributed by atoms with Crippen LogP contribution < -0.4 is 25.4 Å². The number of hydrogen-bond donors (Lipinski definition) is 3. The topological polar surface area (TPSA) is 106 Å². The summed E-state index contributed by atoms with van der Waals surface area (Å²) >= 11 is 20.1. The molecule has 3 amide bonds. The van der Waals surface area contributed by atoms with Crippen molar-refractivity contribution < 1.29 is 23.9 Å². The van der Waals surface area contributed by atoms with Crippen molar-refractivity contribution >= 4 is 81.7 Å². The first kappa shape index (κ1) is 36.4. The predicted octanol–water partition coefficient (Wildman–Crippen LogP) is 9.55. The van der Waals surface area contributed by atoms with E-state index in [1.165, 1.54) is 32.1 Å². The Balaban J connectivity index is 1.40. The third-order valence-corrected chi connectivity index (χ3v) is 9.32. The number of carbonyl (C=O) groups excluding carboxylic acids is 3. The molecule has 0 saturated heterocycles. The van der Waals surface area contributed by atoms with Crippen LogP contribution in [-0.4, -0.2) is 31.9 Å². The third kappa shape index (κ3) is 9.40. The summed E-state index contributed by atoms with van der Waals surface area (Å²) in [4.78, 5) is 41.3. The average molecular weight is 747 g/mol. The third-order valence-electron chi connectivity index (χ3n) is 7.21. The highest BCUT2D eigenvalue weighted by Gasteiger charge is 2.24. The molecule has 0 heterocycles. The Morgan fingerprint density at radius 3 is 2.10 bits per heavy atom. The van der Waals surface area contributed by atoms with Crippen molar-refractivity contribution in [2.75, 3.05) is 24.9 Å². The van der Waals surface area contributed by atoms with Crippen molar-refractivity contribution in [2.24, 2.45) is 0 Å². The number of nitrogens with one attached hydrogen (secondary N) is 3. The summed E-state index contributed by atoms with van der Waals surface area (Å²) < 4.78 is 10.8. The molecular weight excluding hydrogens is 717 g/mol. The highest BCUT2D eigenvalue weighted by Crippen LogP contribution is 2.40. The number of ether oxygens (including phenoxy) is 2. The first-order valence-corrected chi connectivity index (χ1v) is 17.0. The van der Waals surface area contributed by atoms with E-state index in [0.717, 1.165) is 5.56 Å². The molecule has 0 saturated carbocycles. The van der Waals surface area contributed by atoms with Crippen molar-refractivity contribution in [3.63, 3.8) is 0 Å². The van der Waals surface area contributed by atoms with Gasteiger partial charge in [-0.2, -0.15) is 0 Å². The number of rotatable bonds is 12. The first-order valence-electron chi connectivity index (χ1n) is 15.0. The van der Waals surface area contributed by atoms with Crippen LogP contribution in [0.2, 0.25) is 15.1 Å². The van der Waals surface area contributed by atoms with Gasteiger partial charge in [0.1, 0.15) is 22.4 Å². The summed E-state index contributed by atoms with van der Waals surface area (Å²) in [5.74, 6) is -0.618. The standard InChI is InChI=1S/C38H30Cl3N3O5S/c1-48-33-22-34(49-2)31(21-30(33)41)43-38(47)35(23-10-5-3-6-11-23)50-28-15-9-14-27(20-28)42-37(46)32(18-25-16-17-26(39)19-29(25)40)44-36(45)24-12-7-4-8-13-24/h3-22,35H,1-2H3,(H,42,46)(H,43,47)(H,44,45)/b32-18+. The second kappa shape index (κ2) is 17.1. The number of halogens is 3. The number of anilines is 2. The van der Waals surface area contributed by atoms with E-state index in [1.54, 1.807) is 78.9 Å². The molecule has 1 unspecified atom stereocenters. The van der Waals surface area contributed by atoms with Crippen LogP contribution in [-0.2, 0) is 9.59 Å². The fourth-order valence-corrected chi connectivity index (χ4v) is 6.54. The highest BCUT2D eigenvalue weighted by molar-refractivity contribution is 8.00. The Hall–Kier alpha value is -4.93. The van der Waals surface area contributed by atoms with Gasteiger partial charge >= 0.3 is 0 Å². The Labute approximate surface area is 308 Å². The number of thioether (sulfide) groups is 1. The maximum atomic E-state index is 13.8. The van der Waals surface area contributed by atoms with E-state index in [2.05, 4.69) is 16.0 Å². The quantitative estimate of drug-likeness (QED) is 0.0868. The summed E-state index contributed by atoms with van der Waals surface area (Å²) in [7, 11) is 2.98. The van der Waals surface area contributed by atoms with Gasteiger partial charge in [-0.1, -0.05) is 95.5 Å². The van der Waals surface area contributed by atoms with E-state index in [-0.39, 0.29) is 11.6 Å². The summed E-state index contributed by atoms with van der Waals surface area (Å²) in [6.45, 7) is 0. The van der Waals surface area contributed by atoms with Gasteiger partial charge in [-0.15, -0.1) is 11.8 Å². The molecule has 254 valence electrons. The molecule has 0 aliphatic heterocycles. The number of amides is 3. The van der Waals surface area contributed by atoms with Crippen LogP contribution in [0, 0.1) is 0 Å². The Morgan fingerprint density at radius 1 is 0.720 bits per heavy atom. The minimum atomic E-state index is -0.708. The molecule has 0 fully saturated rings. The molecule has 3 N–H and O–H groups in total. The van der Waals surface area contributed by atoms with E-state index in [9.17, 15) is 14.4 Å². The minimum absolute atomic E-state index is 0.0465. The molecular formula is C38H30Cl3N3O5S. The number of carbonyl (C=O) groups is 3. The Bertz CT molecular complexity index is 2050. The monoisotopic (exact) mass is 745 g/mol. The molecule has 8 nitrogen and oxygen atoms in total. The van der Waals surface area contributed by atoms with Gasteiger partial charge in [0.15, 0.2) is 0 Å². The van der Waals surface area contributed by atoms with Gasteiger partial charge < -0.3 is 25.4 Å². The van der Waals surface area contributed by atoms with Crippen LogP contribution in [0.25, 0.3) is 6.08 Å². The van der Waals surface area contributed by atoms with Gasteiger partial charge in [-0.25, -0.2) is 0 Å². The second-order valence-electron chi connectivity index (χ2n) is 10.6. The largest absolute Gasteiger partial charge is 0.495 e. The van der Waals surface area contributed by atoms with Crippen molar-refractivity contribution in [3.8, 4) is 11.5 Å². The molecule has 0 aliphatic carbocycles. The number of hydrogen-bond acceptors (Lipinski definition) is 6. The Morgan fingerprint density at radius 2 is 1.42 bits per heavy atom. The molecule has 5 rings (SSSR count). The van der Waals surface area contributed by atoms with Crippen molar-refractivity contribution in [2.45, 2.75) is 10.1 Å². The predicted molar refractivity (Wildman–Crippen MR) is 202 cm³/mol. The SMILES string of the molecule is COc1cc(OC)c(NC(=O)C(Sc2cccc(NC(=O)/C(=C\c3ccc(Cl)cc3Cl)NC(=O)c3ccccc3)c2)c2ccccc2)cc1Cl. The minimum Gasteiger partial charge on any atom is -0.495 e. The number of benzene rings is 5. The lowest BCUT2D eigenvalue weighted by Crippen LogP contribution is -2.30. The lowest BCUT2D eigenvalue weighted by atomic mass is 10.1. The maximum absolute atomic E-state index is 13.8. The molecule has 0 aromatic heterocycles. The smallest absolute Gasteiger partial charge is 0.272 e. The second-order valence-corrected chi connectivity index (χ2v) is 13.0. The van der Waals surface area contributed by atoms with Crippen LogP contribution >= 0.6 is 46.6 Å². The van der Waals surface area contributed by atoms with Gasteiger partial charge in [-0.05, 0) is 65.7 Å². The number of methoxy groups -OCH3 is 2. The molecule has 1 atom stereocenters. The van der Waals surface area contributed by atoms with Gasteiger partial charge in [0.2, 0.25) is 5.91 Å². The fraction of sp³-hybridized carbons (Fsp3) is 0.0789. The van der Waals surface area contributed by atoms with E-state index in [4.69, 9.17) is 44.3 Å². The average Bonchev–Trinajstić information content (AvgIpc) is 3.12. The Kier molecular flexibility index (Phi) is 12.5. The zero-order valence-corrected chi connectivity index (χ0v) is 29.8. The zero-order valence-electron chi connectivity index (χ0n) is 26.7. The summed E-state index contributed by atoms with van der Waals surface area (Å²) in [6, 6.07) is 32.8. The van der Waals surface area contributed by atoms with E-state index in [0.29, 0.717) is 54.0 Å². The lowest BCUT2D eigenvalue weighted by molar-refractivity contribution is -0.116. The van der Waals surface area contributed by atoms with Crippen LogP contribution in [0.3, 0.4) is 0 Å². The van der Waals surface area contributed by atoms with Crippen molar-refractivity contribution in [1.82, 2.24) is 5.32 Å². The highest BCUT2D eigenvalue weighted by atomic mass is 35.5. The summed E-state index contributed by atoms with van der Waals surface area (Å²) in [5, 5.41) is 8.82. The van der Waals surface area contributed by atoms with E-state index < -0.39 is 17.1 Å². The molecule has 0 bridgehead atoms. The van der Waals surface area contributed by atoms with Gasteiger partial charge in [-0.3, -0.25) is 14.4 Å². The molecule has 12 heteroatoms. The van der Waals surface area contributed by atoms with Crippen molar-refractivity contribution in [3.05, 3.63) is 153 Å². The maximum Gasteiger partial charge on any atom is 0.272 e. The lowest BCUT2D eigenvalue weighted by Gasteiger charge is -2.19. The van der Waals surface area contributed by atoms with Gasteiger partial charge in [0, 0.05) is 32.3 Å². The van der Waals surface area contributed by atoms with Crippen LogP contribution in [0.4, 0.5) is 11.4 Å². The molecule has 0 spiro atoms. The van der Waals surface area contributed by atoms with Crippen LogP contribution in [0.5, 0.6) is 11.5 Å². The fourth-order valence-electron chi connectivity index (χ4n) is 4.75. The first-order chi connectivity index (χ1) is 24.1. The summed E-state index contributed by atoms with van der Waals surface area (Å²) in [5.41, 5.74) is 2.35. The molecule has 5 aromatic carbocycles. The molecule has 50 heavy (non-hydrogen) atoms. The zero-order chi connectivity index (χ0) is 35.6. The molecule has 0 aliphatic rings. The van der Waals surface area contributed by atoms with E-state index in [1.807, 2.05) is 36.4 Å². The summed E-state index contributed by atoms with van der Waals surface area (Å²) in [6.07, 6.45) is 1.48. The van der Waals surface area contributed by atoms with Gasteiger partial charge in [0.25, 0.3) is 11.8 Å². The van der Waals surface area contributed by atoms with Crippen molar-refractivity contribution in [1.29, 1.82) is 0 Å². The molecule has 0 radical (unpaired) electrons. The van der Waals surface area contributed by atoms with E-state index >= 15 is 0 Å².